The minimum atomic E-state index is -4.35. The van der Waals surface area contributed by atoms with Crippen molar-refractivity contribution in [3.8, 4) is 0 Å². The highest BCUT2D eigenvalue weighted by Crippen LogP contribution is 2.27. The largest absolute Gasteiger partial charge is 0.411 e. The van der Waals surface area contributed by atoms with Crippen molar-refractivity contribution in [2.75, 3.05) is 17.7 Å². The zero-order chi connectivity index (χ0) is 19.0. The molecule has 0 spiro atoms. The molecule has 0 bridgehead atoms. The summed E-state index contributed by atoms with van der Waals surface area (Å²) in [5, 5.41) is 2.84. The molecule has 1 amide bonds. The van der Waals surface area contributed by atoms with Crippen molar-refractivity contribution in [1.82, 2.24) is 0 Å². The third-order valence-corrected chi connectivity index (χ3v) is 4.31. The maximum Gasteiger partial charge on any atom is 0.411 e. The fourth-order valence-corrected chi connectivity index (χ4v) is 2.82. The van der Waals surface area contributed by atoms with E-state index in [0.717, 1.165) is 10.6 Å². The Hall–Kier alpha value is -2.25. The van der Waals surface area contributed by atoms with Crippen LogP contribution in [0.3, 0.4) is 0 Å². The Morgan fingerprint density at radius 2 is 1.85 bits per heavy atom. The molecule has 2 aromatic carbocycles. The molecule has 1 N–H and O–H groups in total. The van der Waals surface area contributed by atoms with Crippen LogP contribution in [0.25, 0.3) is 0 Å². The van der Waals surface area contributed by atoms with E-state index in [1.165, 1.54) is 0 Å². The van der Waals surface area contributed by atoms with E-state index in [1.54, 1.807) is 42.1 Å². The quantitative estimate of drug-likeness (QED) is 0.498. The zero-order valence-electron chi connectivity index (χ0n) is 13.9. The first-order chi connectivity index (χ1) is 12.4. The molecule has 2 rings (SSSR count). The van der Waals surface area contributed by atoms with Crippen LogP contribution in [0.2, 0.25) is 0 Å². The number of rotatable bonds is 8. The molecule has 0 heterocycles. The summed E-state index contributed by atoms with van der Waals surface area (Å²) in [5.41, 5.74) is 1.67. The van der Waals surface area contributed by atoms with Crippen LogP contribution >= 0.6 is 11.8 Å². The van der Waals surface area contributed by atoms with Crippen LogP contribution in [-0.4, -0.2) is 24.4 Å². The average molecular weight is 381 g/mol. The summed E-state index contributed by atoms with van der Waals surface area (Å²) in [6.07, 6.45) is -2.57. The second kappa shape index (κ2) is 9.45. The van der Waals surface area contributed by atoms with Crippen molar-refractivity contribution >= 4 is 23.4 Å². The van der Waals surface area contributed by atoms with Gasteiger partial charge in [0.1, 0.15) is 6.61 Å². The van der Waals surface area contributed by atoms with E-state index in [2.05, 4.69) is 16.6 Å². The van der Waals surface area contributed by atoms with Crippen molar-refractivity contribution in [3.05, 3.63) is 72.3 Å². The summed E-state index contributed by atoms with van der Waals surface area (Å²) in [6, 6.07) is 13.7. The van der Waals surface area contributed by atoms with Crippen LogP contribution in [0.15, 0.2) is 66.1 Å². The number of ether oxygens (including phenoxy) is 1. The summed E-state index contributed by atoms with van der Waals surface area (Å²) in [7, 11) is 0. The Morgan fingerprint density at radius 3 is 2.50 bits per heavy atom. The molecule has 0 unspecified atom stereocenters. The molecule has 26 heavy (non-hydrogen) atoms. The van der Waals surface area contributed by atoms with Gasteiger partial charge in [0.05, 0.1) is 12.3 Å². The maximum absolute atomic E-state index is 12.4. The van der Waals surface area contributed by atoms with Gasteiger partial charge in [-0.15, -0.1) is 18.3 Å². The van der Waals surface area contributed by atoms with E-state index in [0.29, 0.717) is 16.8 Å². The van der Waals surface area contributed by atoms with Crippen molar-refractivity contribution in [1.29, 1.82) is 0 Å². The molecule has 0 aliphatic rings. The number of alkyl halides is 3. The second-order valence-corrected chi connectivity index (χ2v) is 6.42. The Bertz CT molecular complexity index is 745. The van der Waals surface area contributed by atoms with E-state index >= 15 is 0 Å². The van der Waals surface area contributed by atoms with Gasteiger partial charge in [-0.05, 0) is 29.8 Å². The Labute approximate surface area is 154 Å². The van der Waals surface area contributed by atoms with E-state index in [1.807, 2.05) is 24.3 Å². The van der Waals surface area contributed by atoms with Crippen molar-refractivity contribution in [2.45, 2.75) is 17.7 Å². The number of halogens is 3. The summed E-state index contributed by atoms with van der Waals surface area (Å²) >= 11 is 1.56. The lowest BCUT2D eigenvalue weighted by molar-refractivity contribution is -0.176. The number of thioether (sulfide) groups is 1. The summed E-state index contributed by atoms with van der Waals surface area (Å²) in [4.78, 5) is 13.3. The third kappa shape index (κ3) is 6.57. The number of para-hydroxylation sites is 1. The van der Waals surface area contributed by atoms with Gasteiger partial charge < -0.3 is 10.1 Å². The molecule has 0 saturated carbocycles. The normalized spacial score (nSPS) is 11.2. The Kier molecular flexibility index (Phi) is 7.29. The molecule has 0 atom stereocenters. The predicted molar refractivity (Wildman–Crippen MR) is 97.5 cm³/mol. The van der Waals surface area contributed by atoms with Crippen LogP contribution in [0.1, 0.15) is 15.9 Å². The number of hydrogen-bond acceptors (Lipinski definition) is 3. The third-order valence-electron chi connectivity index (χ3n) is 3.24. The lowest BCUT2D eigenvalue weighted by Crippen LogP contribution is -2.16. The zero-order valence-corrected chi connectivity index (χ0v) is 14.7. The highest BCUT2D eigenvalue weighted by atomic mass is 32.2. The molecule has 138 valence electrons. The molecule has 3 nitrogen and oxygen atoms in total. The number of nitrogens with one attached hydrogen (secondary N) is 1. The van der Waals surface area contributed by atoms with Gasteiger partial charge in [0, 0.05) is 16.2 Å². The molecular formula is C19H18F3NO2S. The number of anilines is 1. The first-order valence-corrected chi connectivity index (χ1v) is 8.75. The molecule has 2 aromatic rings. The van der Waals surface area contributed by atoms with Gasteiger partial charge >= 0.3 is 6.18 Å². The summed E-state index contributed by atoms with van der Waals surface area (Å²) in [6.45, 7) is 2.21. The lowest BCUT2D eigenvalue weighted by atomic mass is 10.1. The number of hydrogen-bond donors (Lipinski definition) is 1. The van der Waals surface area contributed by atoms with E-state index < -0.39 is 12.8 Å². The van der Waals surface area contributed by atoms with E-state index in [9.17, 15) is 18.0 Å². The average Bonchev–Trinajstić information content (AvgIpc) is 2.60. The molecular weight excluding hydrogens is 363 g/mol. The minimum absolute atomic E-state index is 0.164. The monoisotopic (exact) mass is 381 g/mol. The number of benzene rings is 2. The van der Waals surface area contributed by atoms with Crippen LogP contribution < -0.4 is 5.32 Å². The highest BCUT2D eigenvalue weighted by Gasteiger charge is 2.27. The number of carbonyl (C=O) groups excluding carboxylic acids is 1. The highest BCUT2D eigenvalue weighted by molar-refractivity contribution is 7.99. The molecule has 0 radical (unpaired) electrons. The molecule has 0 aliphatic heterocycles. The van der Waals surface area contributed by atoms with Crippen LogP contribution in [0.5, 0.6) is 0 Å². The van der Waals surface area contributed by atoms with Gasteiger partial charge in [0.15, 0.2) is 0 Å². The molecule has 0 aromatic heterocycles. The number of carbonyl (C=O) groups is 1. The van der Waals surface area contributed by atoms with Crippen LogP contribution in [0.4, 0.5) is 18.9 Å². The van der Waals surface area contributed by atoms with Gasteiger partial charge in [-0.3, -0.25) is 4.79 Å². The van der Waals surface area contributed by atoms with Crippen molar-refractivity contribution in [3.63, 3.8) is 0 Å². The molecule has 0 fully saturated rings. The summed E-state index contributed by atoms with van der Waals surface area (Å²) in [5.74, 6) is 0.430. The van der Waals surface area contributed by atoms with E-state index in [4.69, 9.17) is 0 Å². The van der Waals surface area contributed by atoms with Crippen molar-refractivity contribution < 1.29 is 22.7 Å². The fourth-order valence-electron chi connectivity index (χ4n) is 2.08. The van der Waals surface area contributed by atoms with Gasteiger partial charge in [0.25, 0.3) is 5.91 Å². The maximum atomic E-state index is 12.4. The Morgan fingerprint density at radius 1 is 1.15 bits per heavy atom. The van der Waals surface area contributed by atoms with Crippen LogP contribution in [-0.2, 0) is 11.3 Å². The topological polar surface area (TPSA) is 38.3 Å². The van der Waals surface area contributed by atoms with Gasteiger partial charge in [-0.1, -0.05) is 30.3 Å². The molecule has 7 heteroatoms. The van der Waals surface area contributed by atoms with Crippen molar-refractivity contribution in [2.24, 2.45) is 0 Å². The molecule has 0 aliphatic carbocycles. The van der Waals surface area contributed by atoms with Gasteiger partial charge in [-0.2, -0.15) is 13.2 Å². The summed E-state index contributed by atoms with van der Waals surface area (Å²) < 4.78 is 40.8. The Balaban J connectivity index is 1.97. The smallest absolute Gasteiger partial charge is 0.367 e. The lowest BCUT2D eigenvalue weighted by Gasteiger charge is -2.11. The first kappa shape index (κ1) is 20.1. The second-order valence-electron chi connectivity index (χ2n) is 5.35. The standard InChI is InChI=1S/C19H18F3NO2S/c1-2-11-26-17-6-4-3-5-16(17)23-18(24)15-9-7-14(8-10-15)12-25-13-19(20,21)22/h2-10H,1,11-13H2,(H,23,24). The molecule has 0 saturated heterocycles. The predicted octanol–water partition coefficient (Wildman–Crippen LogP) is 5.30. The fraction of sp³-hybridized carbons (Fsp3) is 0.211. The SMILES string of the molecule is C=CCSc1ccccc1NC(=O)c1ccc(COCC(F)(F)F)cc1. The van der Waals surface area contributed by atoms with Gasteiger partial charge in [-0.25, -0.2) is 0 Å². The van der Waals surface area contributed by atoms with E-state index in [-0.39, 0.29) is 12.5 Å². The number of amides is 1. The first-order valence-electron chi connectivity index (χ1n) is 7.76. The van der Waals surface area contributed by atoms with Crippen LogP contribution in [0, 0.1) is 0 Å². The van der Waals surface area contributed by atoms with Gasteiger partial charge in [0.2, 0.25) is 0 Å². The minimum Gasteiger partial charge on any atom is -0.367 e.